The van der Waals surface area contributed by atoms with Gasteiger partial charge in [-0.1, -0.05) is 48.5 Å². The number of carbonyl (C=O) groups is 1. The molecule has 2 aromatic carbocycles. The average Bonchev–Trinajstić information content (AvgIpc) is 3.20. The Morgan fingerprint density at radius 2 is 1.69 bits per heavy atom. The van der Waals surface area contributed by atoms with E-state index < -0.39 is 0 Å². The lowest BCUT2D eigenvalue weighted by Gasteiger charge is -2.31. The van der Waals surface area contributed by atoms with E-state index in [2.05, 4.69) is 32.9 Å². The van der Waals surface area contributed by atoms with Crippen LogP contribution in [-0.2, 0) is 11.3 Å². The number of benzene rings is 2. The fourth-order valence-electron chi connectivity index (χ4n) is 4.40. The molecule has 0 spiro atoms. The second-order valence-corrected chi connectivity index (χ2v) is 8.26. The first-order valence-electron chi connectivity index (χ1n) is 11.0. The molecule has 0 bridgehead atoms. The minimum atomic E-state index is -0.0540. The molecule has 4 aromatic rings. The number of amides is 1. The van der Waals surface area contributed by atoms with E-state index in [1.54, 1.807) is 24.3 Å². The molecule has 2 aromatic heterocycles. The molecule has 6 nitrogen and oxygen atoms in total. The lowest BCUT2D eigenvalue weighted by Crippen LogP contribution is -2.38. The highest BCUT2D eigenvalue weighted by atomic mass is 16.3. The highest BCUT2D eigenvalue weighted by Crippen LogP contribution is 2.28. The number of nitrogens with zero attached hydrogens (tertiary/aromatic N) is 3. The molecule has 0 unspecified atom stereocenters. The molecule has 2 N–H and O–H groups in total. The number of piperidine rings is 1. The maximum absolute atomic E-state index is 12.7. The molecule has 32 heavy (non-hydrogen) atoms. The van der Waals surface area contributed by atoms with Gasteiger partial charge in [-0.15, -0.1) is 0 Å². The number of anilines is 1. The third-order valence-electron chi connectivity index (χ3n) is 6.17. The van der Waals surface area contributed by atoms with E-state index in [1.165, 1.54) is 5.69 Å². The van der Waals surface area contributed by atoms with Gasteiger partial charge in [0.1, 0.15) is 11.4 Å². The Kier molecular flexibility index (Phi) is 5.60. The predicted molar refractivity (Wildman–Crippen MR) is 125 cm³/mol. The van der Waals surface area contributed by atoms with Crippen molar-refractivity contribution < 1.29 is 9.90 Å². The minimum absolute atomic E-state index is 0.0223. The van der Waals surface area contributed by atoms with Crippen LogP contribution in [0.2, 0.25) is 0 Å². The van der Waals surface area contributed by atoms with Gasteiger partial charge in [0.15, 0.2) is 0 Å². The van der Waals surface area contributed by atoms with E-state index in [-0.39, 0.29) is 17.6 Å². The van der Waals surface area contributed by atoms with Gasteiger partial charge < -0.3 is 14.8 Å². The molecule has 1 amide bonds. The number of hydrogen-bond donors (Lipinski definition) is 2. The zero-order valence-electron chi connectivity index (χ0n) is 17.8. The summed E-state index contributed by atoms with van der Waals surface area (Å²) >= 11 is 0. The highest BCUT2D eigenvalue weighted by Gasteiger charge is 2.27. The summed E-state index contributed by atoms with van der Waals surface area (Å²) in [5, 5.41) is 12.8. The third-order valence-corrected chi connectivity index (χ3v) is 6.17. The summed E-state index contributed by atoms with van der Waals surface area (Å²) in [5.41, 5.74) is 4.71. The Morgan fingerprint density at radius 3 is 2.47 bits per heavy atom. The number of carbonyl (C=O) groups excluding carboxylic acids is 1. The largest absolute Gasteiger partial charge is 0.506 e. The van der Waals surface area contributed by atoms with Crippen LogP contribution in [0, 0.1) is 5.92 Å². The fraction of sp³-hybridized carbons (Fsp3) is 0.231. The number of phenolic OH excluding ortho intramolecular Hbond substituents is 1. The number of likely N-dealkylation sites (tertiary alicyclic amines) is 1. The minimum Gasteiger partial charge on any atom is -0.506 e. The SMILES string of the molecule is O=C(Nc1ccccc1O)C1CCN(Cc2c(-c3ccccc3)nc3ccccn23)CC1. The molecule has 1 fully saturated rings. The van der Waals surface area contributed by atoms with Gasteiger partial charge in [-0.2, -0.15) is 0 Å². The number of aromatic nitrogens is 2. The molecular formula is C26H26N4O2. The molecule has 0 saturated carbocycles. The maximum atomic E-state index is 12.7. The van der Waals surface area contributed by atoms with Crippen molar-refractivity contribution >= 4 is 17.2 Å². The van der Waals surface area contributed by atoms with Crippen molar-refractivity contribution in [2.75, 3.05) is 18.4 Å². The van der Waals surface area contributed by atoms with Crippen molar-refractivity contribution in [2.24, 2.45) is 5.92 Å². The van der Waals surface area contributed by atoms with Crippen LogP contribution in [-0.4, -0.2) is 38.4 Å². The second kappa shape index (κ2) is 8.85. The van der Waals surface area contributed by atoms with Crippen LogP contribution < -0.4 is 5.32 Å². The third kappa shape index (κ3) is 4.09. The van der Waals surface area contributed by atoms with Crippen molar-refractivity contribution in [3.63, 3.8) is 0 Å². The van der Waals surface area contributed by atoms with Gasteiger partial charge in [-0.3, -0.25) is 9.69 Å². The van der Waals surface area contributed by atoms with Crippen LogP contribution in [0.5, 0.6) is 5.75 Å². The molecular weight excluding hydrogens is 400 g/mol. The zero-order valence-corrected chi connectivity index (χ0v) is 17.8. The monoisotopic (exact) mass is 426 g/mol. The standard InChI is InChI=1S/C26H26N4O2/c31-23-11-5-4-10-21(23)27-26(32)20-13-16-29(17-14-20)18-22-25(19-8-2-1-3-9-19)28-24-12-6-7-15-30(22)24/h1-12,15,20,31H,13-14,16-18H2,(H,27,32). The lowest BCUT2D eigenvalue weighted by atomic mass is 9.95. The van der Waals surface area contributed by atoms with E-state index in [1.807, 2.05) is 36.4 Å². The first-order valence-corrected chi connectivity index (χ1v) is 11.0. The fourth-order valence-corrected chi connectivity index (χ4v) is 4.40. The Bertz CT molecular complexity index is 1230. The van der Waals surface area contributed by atoms with Crippen LogP contribution in [0.1, 0.15) is 18.5 Å². The van der Waals surface area contributed by atoms with Gasteiger partial charge in [0, 0.05) is 24.2 Å². The van der Waals surface area contributed by atoms with E-state index in [0.29, 0.717) is 5.69 Å². The van der Waals surface area contributed by atoms with Crippen LogP contribution in [0.15, 0.2) is 79.0 Å². The Labute approximate surface area is 187 Å². The molecule has 1 saturated heterocycles. The van der Waals surface area contributed by atoms with Gasteiger partial charge in [0.2, 0.25) is 5.91 Å². The number of rotatable bonds is 5. The van der Waals surface area contributed by atoms with Crippen LogP contribution in [0.4, 0.5) is 5.69 Å². The van der Waals surface area contributed by atoms with Gasteiger partial charge >= 0.3 is 0 Å². The summed E-state index contributed by atoms with van der Waals surface area (Å²) in [6.07, 6.45) is 3.64. The number of fused-ring (bicyclic) bond motifs is 1. The topological polar surface area (TPSA) is 69.9 Å². The summed E-state index contributed by atoms with van der Waals surface area (Å²) in [6.45, 7) is 2.46. The molecule has 0 atom stereocenters. The molecule has 3 heterocycles. The summed E-state index contributed by atoms with van der Waals surface area (Å²) in [6, 6.07) is 23.2. The number of imidazole rings is 1. The van der Waals surface area contributed by atoms with Crippen molar-refractivity contribution in [3.8, 4) is 17.0 Å². The molecule has 6 heteroatoms. The van der Waals surface area contributed by atoms with Crippen LogP contribution in [0.3, 0.4) is 0 Å². The quantitative estimate of drug-likeness (QED) is 0.459. The van der Waals surface area contributed by atoms with Gasteiger partial charge in [0.25, 0.3) is 0 Å². The smallest absolute Gasteiger partial charge is 0.227 e. The molecule has 1 aliphatic heterocycles. The number of aromatic hydroxyl groups is 1. The summed E-state index contributed by atoms with van der Waals surface area (Å²) in [7, 11) is 0. The van der Waals surface area contributed by atoms with Gasteiger partial charge in [-0.05, 0) is 50.2 Å². The summed E-state index contributed by atoms with van der Waals surface area (Å²) < 4.78 is 2.17. The number of hydrogen-bond acceptors (Lipinski definition) is 4. The number of phenols is 1. The Hall–Kier alpha value is -3.64. The summed E-state index contributed by atoms with van der Waals surface area (Å²) in [5.74, 6) is 0.0203. The average molecular weight is 427 g/mol. The van der Waals surface area contributed by atoms with Crippen molar-refractivity contribution in [2.45, 2.75) is 19.4 Å². The van der Waals surface area contributed by atoms with Crippen LogP contribution in [0.25, 0.3) is 16.9 Å². The van der Waals surface area contributed by atoms with Crippen molar-refractivity contribution in [3.05, 3.63) is 84.7 Å². The zero-order chi connectivity index (χ0) is 21.9. The number of para-hydroxylation sites is 2. The first kappa shape index (κ1) is 20.3. The molecule has 5 rings (SSSR count). The van der Waals surface area contributed by atoms with Gasteiger partial charge in [-0.25, -0.2) is 4.98 Å². The van der Waals surface area contributed by atoms with Crippen LogP contribution >= 0.6 is 0 Å². The van der Waals surface area contributed by atoms with E-state index >= 15 is 0 Å². The highest BCUT2D eigenvalue weighted by molar-refractivity contribution is 5.93. The maximum Gasteiger partial charge on any atom is 0.227 e. The molecule has 162 valence electrons. The van der Waals surface area contributed by atoms with E-state index in [0.717, 1.165) is 49.4 Å². The van der Waals surface area contributed by atoms with Crippen molar-refractivity contribution in [1.29, 1.82) is 0 Å². The van der Waals surface area contributed by atoms with Gasteiger partial charge in [0.05, 0.1) is 17.1 Å². The van der Waals surface area contributed by atoms with E-state index in [9.17, 15) is 9.90 Å². The number of pyridine rings is 1. The Morgan fingerprint density at radius 1 is 0.969 bits per heavy atom. The predicted octanol–water partition coefficient (Wildman–Crippen LogP) is 4.56. The van der Waals surface area contributed by atoms with Crippen molar-refractivity contribution in [1.82, 2.24) is 14.3 Å². The number of nitrogens with one attached hydrogen (secondary N) is 1. The first-order chi connectivity index (χ1) is 15.7. The molecule has 0 aliphatic carbocycles. The molecule has 1 aliphatic rings. The normalized spacial score (nSPS) is 15.1. The lowest BCUT2D eigenvalue weighted by molar-refractivity contribution is -0.121. The Balaban J connectivity index is 1.29. The molecule has 0 radical (unpaired) electrons. The summed E-state index contributed by atoms with van der Waals surface area (Å²) in [4.78, 5) is 20.0. The second-order valence-electron chi connectivity index (χ2n) is 8.26. The van der Waals surface area contributed by atoms with E-state index in [4.69, 9.17) is 4.98 Å².